The Morgan fingerprint density at radius 2 is 2.10 bits per heavy atom. The largest absolute Gasteiger partial charge is 0.468 e. The molecule has 2 rings (SSSR count). The molecule has 2 aromatic rings. The first kappa shape index (κ1) is 15.1. The summed E-state index contributed by atoms with van der Waals surface area (Å²) in [6.45, 7) is 3.06. The van der Waals surface area contributed by atoms with Gasteiger partial charge in [-0.2, -0.15) is 4.98 Å². The van der Waals surface area contributed by atoms with Crippen LogP contribution in [0.5, 0.6) is 0 Å². The number of aromatic nitrogens is 2. The van der Waals surface area contributed by atoms with E-state index in [4.69, 9.17) is 4.52 Å². The molecule has 1 aromatic heterocycles. The third kappa shape index (κ3) is 4.09. The molecule has 0 saturated heterocycles. The predicted molar refractivity (Wildman–Crippen MR) is 72.7 cm³/mol. The van der Waals surface area contributed by atoms with Crippen molar-refractivity contribution in [1.82, 2.24) is 15.0 Å². The fourth-order valence-electron chi connectivity index (χ4n) is 1.75. The number of esters is 1. The number of nitrogens with zero attached hydrogens (tertiary/aromatic N) is 3. The molecule has 0 fully saturated rings. The number of hydrogen-bond donors (Lipinski definition) is 0. The molecule has 0 bridgehead atoms. The minimum Gasteiger partial charge on any atom is -0.468 e. The second-order valence-electron chi connectivity index (χ2n) is 4.40. The van der Waals surface area contributed by atoms with Crippen molar-refractivity contribution in [3.63, 3.8) is 0 Å². The zero-order chi connectivity index (χ0) is 15.2. The summed E-state index contributed by atoms with van der Waals surface area (Å²) < 4.78 is 22.6. The molecule has 0 radical (unpaired) electrons. The van der Waals surface area contributed by atoms with Gasteiger partial charge in [0, 0.05) is 5.56 Å². The van der Waals surface area contributed by atoms with Crippen LogP contribution in [0, 0.1) is 5.82 Å². The summed E-state index contributed by atoms with van der Waals surface area (Å²) in [5.74, 6) is 0.132. The summed E-state index contributed by atoms with van der Waals surface area (Å²) >= 11 is 0. The van der Waals surface area contributed by atoms with E-state index in [1.165, 1.54) is 19.2 Å². The van der Waals surface area contributed by atoms with Gasteiger partial charge in [0.1, 0.15) is 5.82 Å². The number of hydrogen-bond acceptors (Lipinski definition) is 6. The van der Waals surface area contributed by atoms with Gasteiger partial charge in [0.2, 0.25) is 11.7 Å². The highest BCUT2D eigenvalue weighted by atomic mass is 19.1. The monoisotopic (exact) mass is 293 g/mol. The van der Waals surface area contributed by atoms with Crippen molar-refractivity contribution in [2.45, 2.75) is 13.5 Å². The van der Waals surface area contributed by atoms with Crippen LogP contribution in [0.4, 0.5) is 4.39 Å². The third-order valence-corrected chi connectivity index (χ3v) is 2.96. The van der Waals surface area contributed by atoms with Gasteiger partial charge in [-0.3, -0.25) is 9.69 Å². The first-order chi connectivity index (χ1) is 10.1. The molecular weight excluding hydrogens is 277 g/mol. The molecule has 0 unspecified atom stereocenters. The number of halogens is 1. The molecule has 0 aliphatic heterocycles. The predicted octanol–water partition coefficient (Wildman–Crippen LogP) is 1.87. The molecule has 0 aliphatic rings. The molecule has 0 atom stereocenters. The molecule has 1 aromatic carbocycles. The van der Waals surface area contributed by atoms with E-state index in [1.807, 2.05) is 11.8 Å². The molecule has 0 N–H and O–H groups in total. The van der Waals surface area contributed by atoms with Gasteiger partial charge in [0.05, 0.1) is 20.2 Å². The number of rotatable bonds is 6. The van der Waals surface area contributed by atoms with Crippen LogP contribution in [0.1, 0.15) is 12.8 Å². The van der Waals surface area contributed by atoms with Gasteiger partial charge >= 0.3 is 5.97 Å². The molecule has 6 nitrogen and oxygen atoms in total. The van der Waals surface area contributed by atoms with Gasteiger partial charge in [-0.15, -0.1) is 0 Å². The van der Waals surface area contributed by atoms with E-state index in [2.05, 4.69) is 14.9 Å². The normalized spacial score (nSPS) is 10.9. The maximum Gasteiger partial charge on any atom is 0.319 e. The Bertz CT molecular complexity index is 598. The van der Waals surface area contributed by atoms with Crippen molar-refractivity contribution >= 4 is 5.97 Å². The SMILES string of the molecule is CCN(CC(=O)OC)Cc1nc(-c2ccc(F)cc2)no1. The Balaban J connectivity index is 2.05. The van der Waals surface area contributed by atoms with Crippen molar-refractivity contribution in [2.24, 2.45) is 0 Å². The highest BCUT2D eigenvalue weighted by Crippen LogP contribution is 2.16. The molecular formula is C14H16FN3O3. The Kier molecular flexibility index (Phi) is 4.99. The number of ether oxygens (including phenoxy) is 1. The maximum atomic E-state index is 12.9. The average molecular weight is 293 g/mol. The fourth-order valence-corrected chi connectivity index (χ4v) is 1.75. The van der Waals surface area contributed by atoms with Crippen LogP contribution in [-0.4, -0.2) is 41.2 Å². The van der Waals surface area contributed by atoms with Crippen LogP contribution in [0.3, 0.4) is 0 Å². The Morgan fingerprint density at radius 3 is 2.71 bits per heavy atom. The number of methoxy groups -OCH3 is 1. The maximum absolute atomic E-state index is 12.9. The van der Waals surface area contributed by atoms with Crippen molar-refractivity contribution in [1.29, 1.82) is 0 Å². The molecule has 112 valence electrons. The van der Waals surface area contributed by atoms with Gasteiger partial charge in [0.15, 0.2) is 0 Å². The van der Waals surface area contributed by atoms with Crippen molar-refractivity contribution < 1.29 is 18.4 Å². The lowest BCUT2D eigenvalue weighted by Gasteiger charge is -2.15. The number of benzene rings is 1. The van der Waals surface area contributed by atoms with Crippen molar-refractivity contribution in [3.05, 3.63) is 36.0 Å². The quantitative estimate of drug-likeness (QED) is 0.757. The van der Waals surface area contributed by atoms with Crippen LogP contribution in [0.15, 0.2) is 28.8 Å². The zero-order valence-corrected chi connectivity index (χ0v) is 11.9. The summed E-state index contributed by atoms with van der Waals surface area (Å²) in [4.78, 5) is 17.3. The molecule has 0 amide bonds. The van der Waals surface area contributed by atoms with Gasteiger partial charge in [-0.25, -0.2) is 4.39 Å². The highest BCUT2D eigenvalue weighted by Gasteiger charge is 2.14. The average Bonchev–Trinajstić information content (AvgIpc) is 2.95. The second-order valence-corrected chi connectivity index (χ2v) is 4.40. The fraction of sp³-hybridized carbons (Fsp3) is 0.357. The summed E-state index contributed by atoms with van der Waals surface area (Å²) in [6.07, 6.45) is 0. The van der Waals surface area contributed by atoms with E-state index in [1.54, 1.807) is 12.1 Å². The lowest BCUT2D eigenvalue weighted by molar-refractivity contribution is -0.142. The third-order valence-electron chi connectivity index (χ3n) is 2.96. The van der Waals surface area contributed by atoms with E-state index in [0.29, 0.717) is 30.4 Å². The number of likely N-dealkylation sites (N-methyl/N-ethyl adjacent to an activating group) is 1. The summed E-state index contributed by atoms with van der Waals surface area (Å²) in [7, 11) is 1.34. The summed E-state index contributed by atoms with van der Waals surface area (Å²) in [6, 6.07) is 5.83. The first-order valence-electron chi connectivity index (χ1n) is 6.50. The molecule has 7 heteroatoms. The van der Waals surface area contributed by atoms with Crippen LogP contribution < -0.4 is 0 Å². The highest BCUT2D eigenvalue weighted by molar-refractivity contribution is 5.71. The number of carbonyl (C=O) groups excluding carboxylic acids is 1. The molecule has 0 aliphatic carbocycles. The van der Waals surface area contributed by atoms with Crippen LogP contribution in [0.25, 0.3) is 11.4 Å². The minimum atomic E-state index is -0.324. The van der Waals surface area contributed by atoms with Gasteiger partial charge in [-0.1, -0.05) is 12.1 Å². The summed E-state index contributed by atoms with van der Waals surface area (Å²) in [5.41, 5.74) is 0.669. The molecule has 1 heterocycles. The molecule has 21 heavy (non-hydrogen) atoms. The van der Waals surface area contributed by atoms with Crippen LogP contribution in [-0.2, 0) is 16.1 Å². The topological polar surface area (TPSA) is 68.5 Å². The van der Waals surface area contributed by atoms with Crippen molar-refractivity contribution in [2.75, 3.05) is 20.2 Å². The summed E-state index contributed by atoms with van der Waals surface area (Å²) in [5, 5.41) is 3.85. The Morgan fingerprint density at radius 1 is 1.38 bits per heavy atom. The molecule has 0 spiro atoms. The zero-order valence-electron chi connectivity index (χ0n) is 11.9. The van der Waals surface area contributed by atoms with E-state index in [9.17, 15) is 9.18 Å². The van der Waals surface area contributed by atoms with Crippen LogP contribution >= 0.6 is 0 Å². The van der Waals surface area contributed by atoms with E-state index in [0.717, 1.165) is 0 Å². The van der Waals surface area contributed by atoms with Gasteiger partial charge < -0.3 is 9.26 Å². The minimum absolute atomic E-state index is 0.154. The lowest BCUT2D eigenvalue weighted by atomic mass is 10.2. The van der Waals surface area contributed by atoms with Crippen LogP contribution in [0.2, 0.25) is 0 Å². The Labute approximate surface area is 121 Å². The van der Waals surface area contributed by atoms with E-state index < -0.39 is 0 Å². The Hall–Kier alpha value is -2.28. The van der Waals surface area contributed by atoms with Gasteiger partial charge in [0.25, 0.3) is 0 Å². The van der Waals surface area contributed by atoms with E-state index >= 15 is 0 Å². The lowest BCUT2D eigenvalue weighted by Crippen LogP contribution is -2.30. The smallest absolute Gasteiger partial charge is 0.319 e. The van der Waals surface area contributed by atoms with E-state index in [-0.39, 0.29) is 18.3 Å². The standard InChI is InChI=1S/C14H16FN3O3/c1-3-18(9-13(19)20-2)8-12-16-14(17-21-12)10-4-6-11(15)7-5-10/h4-7H,3,8-9H2,1-2H3. The second kappa shape index (κ2) is 6.94. The van der Waals surface area contributed by atoms with Gasteiger partial charge in [-0.05, 0) is 30.8 Å². The first-order valence-corrected chi connectivity index (χ1v) is 6.50. The van der Waals surface area contributed by atoms with Crippen molar-refractivity contribution in [3.8, 4) is 11.4 Å². The number of carbonyl (C=O) groups is 1. The molecule has 0 saturated carbocycles.